The van der Waals surface area contributed by atoms with E-state index in [0.717, 1.165) is 32.4 Å². The lowest BCUT2D eigenvalue weighted by Crippen LogP contribution is -2.54. The molecular formula is C21H27FN6O. The van der Waals surface area contributed by atoms with E-state index in [-0.39, 0.29) is 30.1 Å². The molecule has 2 aliphatic rings. The molecule has 4 rings (SSSR count). The number of piperidine rings is 1. The summed E-state index contributed by atoms with van der Waals surface area (Å²) in [7, 11) is 0. The predicted octanol–water partition coefficient (Wildman–Crippen LogP) is 2.68. The fraction of sp³-hybridized carbons (Fsp3) is 0.429. The van der Waals surface area contributed by atoms with Crippen molar-refractivity contribution >= 4 is 11.7 Å². The number of halogens is 1. The van der Waals surface area contributed by atoms with Crippen molar-refractivity contribution in [3.8, 4) is 0 Å². The molecule has 154 valence electrons. The fourth-order valence-corrected chi connectivity index (χ4v) is 4.02. The van der Waals surface area contributed by atoms with E-state index in [2.05, 4.69) is 31.4 Å². The summed E-state index contributed by atoms with van der Waals surface area (Å²) in [5.74, 6) is -0.324. The van der Waals surface area contributed by atoms with Gasteiger partial charge in [0, 0.05) is 36.7 Å². The van der Waals surface area contributed by atoms with Crippen LogP contribution in [0.2, 0.25) is 0 Å². The summed E-state index contributed by atoms with van der Waals surface area (Å²) < 4.78 is 13.7. The molecule has 0 spiro atoms. The minimum absolute atomic E-state index is 0.0563. The second-order valence-electron chi connectivity index (χ2n) is 7.77. The number of pyridine rings is 1. The van der Waals surface area contributed by atoms with Crippen molar-refractivity contribution < 1.29 is 9.18 Å². The number of hydrogen-bond donors (Lipinski definition) is 4. The smallest absolute Gasteiger partial charge is 0.319 e. The van der Waals surface area contributed by atoms with E-state index >= 15 is 0 Å². The first-order chi connectivity index (χ1) is 14.1. The molecule has 3 atom stereocenters. The highest BCUT2D eigenvalue weighted by atomic mass is 19.1. The molecule has 29 heavy (non-hydrogen) atoms. The molecule has 3 unspecified atom stereocenters. The van der Waals surface area contributed by atoms with Crippen molar-refractivity contribution in [3.05, 3.63) is 59.7 Å². The molecule has 4 N–H and O–H groups in total. The zero-order valence-electron chi connectivity index (χ0n) is 16.5. The third kappa shape index (κ3) is 4.90. The zero-order valence-corrected chi connectivity index (χ0v) is 16.5. The van der Waals surface area contributed by atoms with Gasteiger partial charge in [-0.25, -0.2) is 20.0 Å². The van der Waals surface area contributed by atoms with Gasteiger partial charge in [-0.05, 0) is 68.1 Å². The van der Waals surface area contributed by atoms with Gasteiger partial charge >= 0.3 is 6.03 Å². The maximum Gasteiger partial charge on any atom is 0.319 e. The van der Waals surface area contributed by atoms with Crippen molar-refractivity contribution in [1.29, 1.82) is 0 Å². The molecule has 2 aromatic rings. The van der Waals surface area contributed by atoms with Crippen LogP contribution in [0.1, 0.15) is 36.4 Å². The summed E-state index contributed by atoms with van der Waals surface area (Å²) in [6, 6.07) is 8.77. The number of aryl methyl sites for hydroxylation is 1. The van der Waals surface area contributed by atoms with E-state index in [0.29, 0.717) is 11.3 Å². The van der Waals surface area contributed by atoms with Gasteiger partial charge in [-0.1, -0.05) is 6.07 Å². The Kier molecular flexibility index (Phi) is 6.03. The number of anilines is 1. The minimum Gasteiger partial charge on any atom is -0.334 e. The molecular weight excluding hydrogens is 371 g/mol. The van der Waals surface area contributed by atoms with Crippen LogP contribution in [0.15, 0.2) is 42.7 Å². The first-order valence-corrected chi connectivity index (χ1v) is 10.1. The van der Waals surface area contributed by atoms with Crippen LogP contribution in [0, 0.1) is 12.7 Å². The number of carbonyl (C=O) groups excluding carboxylic acids is 1. The Labute approximate surface area is 170 Å². The number of aromatic nitrogens is 1. The Morgan fingerprint density at radius 3 is 2.86 bits per heavy atom. The summed E-state index contributed by atoms with van der Waals surface area (Å²) in [4.78, 5) is 18.8. The van der Waals surface area contributed by atoms with E-state index < -0.39 is 0 Å². The number of rotatable bonds is 4. The molecule has 0 radical (unpaired) electrons. The van der Waals surface area contributed by atoms with Gasteiger partial charge in [0.05, 0.1) is 6.17 Å². The van der Waals surface area contributed by atoms with Gasteiger partial charge in [-0.15, -0.1) is 0 Å². The van der Waals surface area contributed by atoms with Crippen molar-refractivity contribution in [2.24, 2.45) is 0 Å². The molecule has 0 bridgehead atoms. The normalized spacial score (nSPS) is 25.0. The molecule has 2 saturated heterocycles. The number of amides is 2. The SMILES string of the molecule is Cc1ccc(NC(=O)NC2CCCN(C3CC(c4ccncc4)NN3)C2)cc1F. The van der Waals surface area contributed by atoms with Crippen LogP contribution in [0.25, 0.3) is 0 Å². The van der Waals surface area contributed by atoms with Gasteiger partial charge in [0.1, 0.15) is 5.82 Å². The molecule has 2 aliphatic heterocycles. The number of hydrazine groups is 1. The standard InChI is InChI=1S/C21H27FN6O/c1-14-4-5-16(11-18(14)22)24-21(29)25-17-3-2-10-28(13-17)20-12-19(26-27-20)15-6-8-23-9-7-15/h4-9,11,17,19-20,26-27H,2-3,10,12-13H2,1H3,(H2,24,25,29). The van der Waals surface area contributed by atoms with Crippen LogP contribution >= 0.6 is 0 Å². The lowest BCUT2D eigenvalue weighted by Gasteiger charge is -2.36. The van der Waals surface area contributed by atoms with Gasteiger partial charge in [0.15, 0.2) is 0 Å². The maximum atomic E-state index is 13.7. The average Bonchev–Trinajstić information content (AvgIpc) is 3.22. The van der Waals surface area contributed by atoms with E-state index in [4.69, 9.17) is 0 Å². The molecule has 3 heterocycles. The lowest BCUT2D eigenvalue weighted by molar-refractivity contribution is 0.125. The summed E-state index contributed by atoms with van der Waals surface area (Å²) in [5, 5.41) is 5.75. The van der Waals surface area contributed by atoms with Gasteiger partial charge in [-0.2, -0.15) is 0 Å². The van der Waals surface area contributed by atoms with Crippen molar-refractivity contribution in [3.63, 3.8) is 0 Å². The van der Waals surface area contributed by atoms with Crippen molar-refractivity contribution in [1.82, 2.24) is 26.1 Å². The third-order valence-corrected chi connectivity index (χ3v) is 5.65. The van der Waals surface area contributed by atoms with Gasteiger partial charge < -0.3 is 10.6 Å². The lowest BCUT2D eigenvalue weighted by atomic mass is 10.0. The number of benzene rings is 1. The Balaban J connectivity index is 1.29. The Bertz CT molecular complexity index is 848. The van der Waals surface area contributed by atoms with Gasteiger partial charge in [0.2, 0.25) is 0 Å². The molecule has 0 saturated carbocycles. The van der Waals surface area contributed by atoms with Crippen LogP contribution in [0.5, 0.6) is 0 Å². The number of urea groups is 1. The highest BCUT2D eigenvalue weighted by molar-refractivity contribution is 5.89. The van der Waals surface area contributed by atoms with E-state index in [1.54, 1.807) is 19.1 Å². The Hall–Kier alpha value is -2.55. The summed E-state index contributed by atoms with van der Waals surface area (Å²) >= 11 is 0. The van der Waals surface area contributed by atoms with Crippen LogP contribution in [-0.4, -0.2) is 41.2 Å². The van der Waals surface area contributed by atoms with Gasteiger partial charge in [-0.3, -0.25) is 9.88 Å². The van der Waals surface area contributed by atoms with Crippen molar-refractivity contribution in [2.75, 3.05) is 18.4 Å². The molecule has 1 aromatic heterocycles. The van der Waals surface area contributed by atoms with Crippen LogP contribution in [0.3, 0.4) is 0 Å². The zero-order chi connectivity index (χ0) is 20.2. The van der Waals surface area contributed by atoms with E-state index in [1.165, 1.54) is 11.6 Å². The molecule has 0 aliphatic carbocycles. The quantitative estimate of drug-likeness (QED) is 0.637. The second-order valence-corrected chi connectivity index (χ2v) is 7.77. The molecule has 8 heteroatoms. The van der Waals surface area contributed by atoms with Crippen LogP contribution in [0.4, 0.5) is 14.9 Å². The highest BCUT2D eigenvalue weighted by Crippen LogP contribution is 2.25. The molecule has 7 nitrogen and oxygen atoms in total. The third-order valence-electron chi connectivity index (χ3n) is 5.65. The van der Waals surface area contributed by atoms with Crippen LogP contribution in [-0.2, 0) is 0 Å². The topological polar surface area (TPSA) is 81.3 Å². The first-order valence-electron chi connectivity index (χ1n) is 10.1. The van der Waals surface area contributed by atoms with Crippen molar-refractivity contribution in [2.45, 2.75) is 44.4 Å². The minimum atomic E-state index is -0.324. The summed E-state index contributed by atoms with van der Waals surface area (Å²) in [6.45, 7) is 3.46. The summed E-state index contributed by atoms with van der Waals surface area (Å²) in [5.41, 5.74) is 8.98. The molecule has 2 fully saturated rings. The Morgan fingerprint density at radius 1 is 1.24 bits per heavy atom. The number of nitrogens with zero attached hydrogens (tertiary/aromatic N) is 2. The second kappa shape index (κ2) is 8.86. The Morgan fingerprint density at radius 2 is 2.07 bits per heavy atom. The number of carbonyl (C=O) groups is 1. The summed E-state index contributed by atoms with van der Waals surface area (Å²) in [6.07, 6.45) is 6.73. The van der Waals surface area contributed by atoms with Crippen LogP contribution < -0.4 is 21.5 Å². The predicted molar refractivity (Wildman–Crippen MR) is 110 cm³/mol. The molecule has 1 aromatic carbocycles. The first kappa shape index (κ1) is 19.8. The van der Waals surface area contributed by atoms with E-state index in [1.807, 2.05) is 24.5 Å². The molecule has 2 amide bonds. The number of hydrogen-bond acceptors (Lipinski definition) is 5. The monoisotopic (exact) mass is 398 g/mol. The van der Waals surface area contributed by atoms with E-state index in [9.17, 15) is 9.18 Å². The number of likely N-dealkylation sites (tertiary alicyclic amines) is 1. The maximum absolute atomic E-state index is 13.7. The average molecular weight is 398 g/mol. The van der Waals surface area contributed by atoms with Gasteiger partial charge in [0.25, 0.3) is 0 Å². The largest absolute Gasteiger partial charge is 0.334 e. The number of nitrogens with one attached hydrogen (secondary N) is 4. The fourth-order valence-electron chi connectivity index (χ4n) is 4.02. The highest BCUT2D eigenvalue weighted by Gasteiger charge is 2.32.